The van der Waals surface area contributed by atoms with E-state index >= 15 is 0 Å². The van der Waals surface area contributed by atoms with Crippen LogP contribution in [0.15, 0.2) is 41.6 Å². The van der Waals surface area contributed by atoms with Gasteiger partial charge < -0.3 is 19.9 Å². The molecule has 0 aliphatic rings. The Bertz CT molecular complexity index is 1330. The van der Waals surface area contributed by atoms with Crippen LogP contribution in [0.1, 0.15) is 13.8 Å². The van der Waals surface area contributed by atoms with Crippen molar-refractivity contribution in [1.82, 2.24) is 19.9 Å². The molecule has 2 N–H and O–H groups in total. The van der Waals surface area contributed by atoms with Crippen LogP contribution in [0.3, 0.4) is 0 Å². The summed E-state index contributed by atoms with van der Waals surface area (Å²) in [7, 11) is -4.76. The Hall–Kier alpha value is -2.75. The first kappa shape index (κ1) is 24.9. The Balaban J connectivity index is 1.95. The van der Waals surface area contributed by atoms with E-state index in [1.54, 1.807) is 45.4 Å². The number of rotatable bonds is 8. The van der Waals surface area contributed by atoms with Gasteiger partial charge >= 0.3 is 0 Å². The maximum atomic E-state index is 12.7. The Morgan fingerprint density at radius 3 is 2.36 bits per heavy atom. The smallest absolute Gasteiger partial charge is 0.258 e. The fourth-order valence-corrected chi connectivity index (χ4v) is 4.68. The van der Waals surface area contributed by atoms with Gasteiger partial charge in [-0.05, 0) is 39.3 Å². The van der Waals surface area contributed by atoms with Gasteiger partial charge in [-0.2, -0.15) is 4.98 Å². The van der Waals surface area contributed by atoms with Crippen molar-refractivity contribution in [2.75, 3.05) is 31.1 Å². The monoisotopic (exact) mass is 510 g/mol. The van der Waals surface area contributed by atoms with Crippen LogP contribution < -0.4 is 20.8 Å². The van der Waals surface area contributed by atoms with Gasteiger partial charge in [0.1, 0.15) is 17.6 Å². The minimum absolute atomic E-state index is 0.114. The van der Waals surface area contributed by atoms with Crippen LogP contribution in [-0.2, 0) is 14.4 Å². The summed E-state index contributed by atoms with van der Waals surface area (Å²) in [5, 5.41) is 5.45. The third kappa shape index (κ3) is 5.61. The van der Waals surface area contributed by atoms with E-state index in [0.717, 1.165) is 0 Å². The van der Waals surface area contributed by atoms with Crippen molar-refractivity contribution in [2.24, 2.45) is 0 Å². The first-order chi connectivity index (χ1) is 15.4. The van der Waals surface area contributed by atoms with Crippen molar-refractivity contribution in [3.63, 3.8) is 0 Å². The van der Waals surface area contributed by atoms with Gasteiger partial charge in [-0.3, -0.25) is 0 Å². The lowest BCUT2D eigenvalue weighted by Gasteiger charge is -2.15. The Labute approximate surface area is 197 Å². The third-order valence-electron chi connectivity index (χ3n) is 4.51. The zero-order valence-corrected chi connectivity index (χ0v) is 21.2. The number of hydrogen-bond donors (Lipinski definition) is 2. The van der Waals surface area contributed by atoms with E-state index in [4.69, 9.17) is 16.3 Å². The van der Waals surface area contributed by atoms with Crippen molar-refractivity contribution in [2.45, 2.75) is 24.0 Å². The van der Waals surface area contributed by atoms with Gasteiger partial charge in [0, 0.05) is 0 Å². The van der Waals surface area contributed by atoms with E-state index in [-0.39, 0.29) is 33.4 Å². The van der Waals surface area contributed by atoms with E-state index in [9.17, 15) is 13.0 Å². The van der Waals surface area contributed by atoms with Crippen molar-refractivity contribution < 1.29 is 17.7 Å². The molecule has 176 valence electrons. The van der Waals surface area contributed by atoms with Crippen LogP contribution >= 0.6 is 18.7 Å². The Morgan fingerprint density at radius 2 is 1.73 bits per heavy atom. The van der Waals surface area contributed by atoms with Crippen LogP contribution in [-0.4, -0.2) is 54.0 Å². The number of halogens is 1. The molecule has 3 rings (SSSR count). The highest BCUT2D eigenvalue weighted by molar-refractivity contribution is 7.92. The lowest BCUT2D eigenvalue weighted by atomic mass is 10.3. The van der Waals surface area contributed by atoms with Gasteiger partial charge in [-0.1, -0.05) is 23.7 Å². The van der Waals surface area contributed by atoms with Crippen LogP contribution in [0.25, 0.3) is 0 Å². The molecular weight excluding hydrogens is 487 g/mol. The molecule has 13 heteroatoms. The fourth-order valence-electron chi connectivity index (χ4n) is 2.67. The molecule has 1 aromatic carbocycles. The second-order valence-corrected chi connectivity index (χ2v) is 13.7. The van der Waals surface area contributed by atoms with Gasteiger partial charge in [0.05, 0.1) is 35.3 Å². The zero-order chi connectivity index (χ0) is 24.4. The zero-order valence-electron chi connectivity index (χ0n) is 18.7. The fraction of sp³-hybridized carbons (Fsp3) is 0.300. The number of nitrogens with zero attached hydrogens (tertiary/aromatic N) is 4. The lowest BCUT2D eigenvalue weighted by molar-refractivity contribution is 0.399. The average molecular weight is 511 g/mol. The number of ether oxygens (including phenoxy) is 1. The summed E-state index contributed by atoms with van der Waals surface area (Å²) in [5.41, 5.74) is 0.661. The summed E-state index contributed by atoms with van der Waals surface area (Å²) in [4.78, 5) is 17.1. The summed E-state index contributed by atoms with van der Waals surface area (Å²) in [6, 6.07) is 6.50. The van der Waals surface area contributed by atoms with Crippen LogP contribution in [0.5, 0.6) is 5.88 Å². The van der Waals surface area contributed by atoms with Crippen molar-refractivity contribution in [3.05, 3.63) is 41.7 Å². The van der Waals surface area contributed by atoms with Gasteiger partial charge in [-0.15, -0.1) is 0 Å². The predicted octanol–water partition coefficient (Wildman–Crippen LogP) is 3.85. The molecule has 33 heavy (non-hydrogen) atoms. The lowest BCUT2D eigenvalue weighted by Crippen LogP contribution is -2.16. The standard InChI is InChI=1S/C20H24ClN6O4PS/c1-12(2)33(29,30)15-9-7-6-8-14(15)24-17-13(21)10-23-20(26-17)27-18-19(31-3)25-16(11-22-18)32(4,5)28/h6-12H,1-5H3,(H2,22,23,24,26,27). The van der Waals surface area contributed by atoms with Gasteiger partial charge in [0.25, 0.3) is 5.88 Å². The molecule has 0 unspecified atom stereocenters. The van der Waals surface area contributed by atoms with Crippen LogP contribution in [0.4, 0.5) is 23.3 Å². The molecule has 2 aromatic heterocycles. The SMILES string of the molecule is COc1nc(P(C)(C)=O)cnc1Nc1ncc(Cl)c(Nc2ccccc2S(=O)(=O)C(C)C)n1. The molecule has 0 saturated heterocycles. The summed E-state index contributed by atoms with van der Waals surface area (Å²) >= 11 is 6.26. The van der Waals surface area contributed by atoms with Crippen molar-refractivity contribution >= 4 is 57.3 Å². The molecule has 0 radical (unpaired) electrons. The van der Waals surface area contributed by atoms with Gasteiger partial charge in [0.2, 0.25) is 5.95 Å². The first-order valence-corrected chi connectivity index (χ1v) is 14.3. The molecule has 0 amide bonds. The van der Waals surface area contributed by atoms with Crippen molar-refractivity contribution in [3.8, 4) is 5.88 Å². The summed E-state index contributed by atoms with van der Waals surface area (Å²) in [6.07, 6.45) is 2.76. The molecule has 2 heterocycles. The van der Waals surface area contributed by atoms with E-state index in [1.165, 1.54) is 25.6 Å². The summed E-state index contributed by atoms with van der Waals surface area (Å²) in [6.45, 7) is 6.39. The average Bonchev–Trinajstić information content (AvgIpc) is 2.75. The maximum Gasteiger partial charge on any atom is 0.258 e. The topological polar surface area (TPSA) is 136 Å². The third-order valence-corrected chi connectivity index (χ3v) is 8.32. The highest BCUT2D eigenvalue weighted by Crippen LogP contribution is 2.35. The number of methoxy groups -OCH3 is 1. The molecule has 3 aromatic rings. The molecule has 0 saturated carbocycles. The number of benzene rings is 1. The quantitative estimate of drug-likeness (QED) is 0.430. The van der Waals surface area contributed by atoms with Gasteiger partial charge in [-0.25, -0.2) is 23.4 Å². The Kier molecular flexibility index (Phi) is 7.26. The Morgan fingerprint density at radius 1 is 1.03 bits per heavy atom. The van der Waals surface area contributed by atoms with Gasteiger partial charge in [0.15, 0.2) is 21.5 Å². The summed E-state index contributed by atoms with van der Waals surface area (Å²) < 4.78 is 43.0. The highest BCUT2D eigenvalue weighted by Gasteiger charge is 2.23. The molecule has 0 spiro atoms. The van der Waals surface area contributed by atoms with E-state index in [1.807, 2.05) is 0 Å². The number of aromatic nitrogens is 4. The minimum atomic E-state index is -3.55. The molecule has 10 nitrogen and oxygen atoms in total. The maximum absolute atomic E-state index is 12.7. The number of hydrogen-bond acceptors (Lipinski definition) is 10. The van der Waals surface area contributed by atoms with E-state index < -0.39 is 22.2 Å². The second-order valence-electron chi connectivity index (χ2n) is 7.67. The number of anilines is 4. The number of sulfone groups is 1. The number of para-hydroxylation sites is 1. The summed E-state index contributed by atoms with van der Waals surface area (Å²) in [5.74, 6) is 0.641. The van der Waals surface area contributed by atoms with Crippen LogP contribution in [0, 0.1) is 0 Å². The molecule has 0 atom stereocenters. The molecular formula is C20H24ClN6O4PS. The van der Waals surface area contributed by atoms with E-state index in [2.05, 4.69) is 30.6 Å². The predicted molar refractivity (Wildman–Crippen MR) is 130 cm³/mol. The minimum Gasteiger partial charge on any atom is -0.478 e. The van der Waals surface area contributed by atoms with E-state index in [0.29, 0.717) is 11.1 Å². The highest BCUT2D eigenvalue weighted by atomic mass is 35.5. The molecule has 0 aliphatic heterocycles. The first-order valence-electron chi connectivity index (χ1n) is 9.79. The second kappa shape index (κ2) is 9.62. The number of nitrogens with one attached hydrogen (secondary N) is 2. The van der Waals surface area contributed by atoms with Crippen molar-refractivity contribution in [1.29, 1.82) is 0 Å². The molecule has 0 bridgehead atoms. The largest absolute Gasteiger partial charge is 0.478 e. The molecule has 0 fully saturated rings. The van der Waals surface area contributed by atoms with Crippen LogP contribution in [0.2, 0.25) is 5.02 Å². The normalized spacial score (nSPS) is 12.0. The molecule has 0 aliphatic carbocycles.